The Hall–Kier alpha value is -0.580. The van der Waals surface area contributed by atoms with E-state index in [2.05, 4.69) is 17.6 Å². The van der Waals surface area contributed by atoms with Crippen LogP contribution in [-0.2, 0) is 10.8 Å². The van der Waals surface area contributed by atoms with E-state index in [-0.39, 0.29) is 6.03 Å². The number of nitrogens with one attached hydrogen (secondary N) is 2. The highest BCUT2D eigenvalue weighted by molar-refractivity contribution is 7.84. The molecule has 1 atom stereocenters. The molecule has 0 fully saturated rings. The van der Waals surface area contributed by atoms with Gasteiger partial charge in [0.05, 0.1) is 0 Å². The molecule has 0 radical (unpaired) electrons. The topological polar surface area (TPSA) is 58.2 Å². The van der Waals surface area contributed by atoms with E-state index in [1.54, 1.807) is 6.26 Å². The average Bonchev–Trinajstić information content (AvgIpc) is 2.04. The highest BCUT2D eigenvalue weighted by Gasteiger charge is 1.97. The first kappa shape index (κ1) is 12.4. The van der Waals surface area contributed by atoms with Crippen LogP contribution in [0.5, 0.6) is 0 Å². The Kier molecular flexibility index (Phi) is 7.68. The van der Waals surface area contributed by atoms with Gasteiger partial charge in [0.25, 0.3) is 0 Å². The molecule has 0 saturated carbocycles. The van der Waals surface area contributed by atoms with E-state index in [9.17, 15) is 9.00 Å². The third-order valence-electron chi connectivity index (χ3n) is 1.49. The molecule has 0 heterocycles. The zero-order chi connectivity index (χ0) is 10.1. The molecule has 0 aromatic carbocycles. The summed E-state index contributed by atoms with van der Waals surface area (Å²) in [5.41, 5.74) is 0. The van der Waals surface area contributed by atoms with Crippen LogP contribution in [0.4, 0.5) is 4.79 Å². The largest absolute Gasteiger partial charge is 0.338 e. The summed E-state index contributed by atoms with van der Waals surface area (Å²) in [6.07, 6.45) is 3.68. The lowest BCUT2D eigenvalue weighted by Gasteiger charge is -2.05. The van der Waals surface area contributed by atoms with Crippen molar-refractivity contribution in [2.75, 3.05) is 25.1 Å². The fourth-order valence-corrected chi connectivity index (χ4v) is 1.14. The zero-order valence-electron chi connectivity index (χ0n) is 8.26. The molecule has 1 unspecified atom stereocenters. The summed E-state index contributed by atoms with van der Waals surface area (Å²) in [4.78, 5) is 11.0. The van der Waals surface area contributed by atoms with Gasteiger partial charge in [-0.2, -0.15) is 0 Å². The van der Waals surface area contributed by atoms with Gasteiger partial charge in [0.1, 0.15) is 0 Å². The summed E-state index contributed by atoms with van der Waals surface area (Å²) in [5.74, 6) is 0.515. The molecule has 78 valence electrons. The van der Waals surface area contributed by atoms with Gasteiger partial charge in [0.2, 0.25) is 0 Å². The predicted octanol–water partition coefficient (Wildman–Crippen LogP) is 0.464. The van der Waals surface area contributed by atoms with Gasteiger partial charge in [-0.3, -0.25) is 4.21 Å². The van der Waals surface area contributed by atoms with Gasteiger partial charge < -0.3 is 10.6 Å². The summed E-state index contributed by atoms with van der Waals surface area (Å²) >= 11 is 0. The second kappa shape index (κ2) is 8.04. The van der Waals surface area contributed by atoms with Gasteiger partial charge in [0, 0.05) is 35.9 Å². The number of unbranched alkanes of at least 4 members (excludes halogenated alkanes) is 1. The number of carbonyl (C=O) groups excluding carboxylic acids is 1. The molecular formula is C8H18N2O2S. The average molecular weight is 206 g/mol. The summed E-state index contributed by atoms with van der Waals surface area (Å²) in [5, 5.41) is 5.34. The maximum absolute atomic E-state index is 11.0. The standard InChI is InChI=1S/C8H18N2O2S/c1-3-4-5-9-8(11)10-6-7-13(2)12/h3-7H2,1-2H3,(H2,9,10,11). The normalized spacial score (nSPS) is 12.2. The van der Waals surface area contributed by atoms with Crippen LogP contribution in [0.2, 0.25) is 0 Å². The van der Waals surface area contributed by atoms with E-state index >= 15 is 0 Å². The minimum absolute atomic E-state index is 0.168. The molecule has 0 bridgehead atoms. The van der Waals surface area contributed by atoms with E-state index in [0.717, 1.165) is 12.8 Å². The second-order valence-corrected chi connectivity index (χ2v) is 4.37. The number of urea groups is 1. The van der Waals surface area contributed by atoms with Gasteiger partial charge >= 0.3 is 6.03 Å². The number of carbonyl (C=O) groups is 1. The van der Waals surface area contributed by atoms with Crippen molar-refractivity contribution < 1.29 is 9.00 Å². The first-order valence-corrected chi connectivity index (χ1v) is 6.21. The van der Waals surface area contributed by atoms with Crippen molar-refractivity contribution in [3.63, 3.8) is 0 Å². The first-order valence-electron chi connectivity index (χ1n) is 4.48. The van der Waals surface area contributed by atoms with Crippen LogP contribution in [-0.4, -0.2) is 35.3 Å². The number of rotatable bonds is 6. The Bertz CT molecular complexity index is 174. The van der Waals surface area contributed by atoms with Crippen molar-refractivity contribution in [3.8, 4) is 0 Å². The van der Waals surface area contributed by atoms with E-state index < -0.39 is 10.8 Å². The number of hydrogen-bond donors (Lipinski definition) is 2. The van der Waals surface area contributed by atoms with Crippen molar-refractivity contribution in [2.24, 2.45) is 0 Å². The molecular weight excluding hydrogens is 188 g/mol. The second-order valence-electron chi connectivity index (χ2n) is 2.81. The lowest BCUT2D eigenvalue weighted by Crippen LogP contribution is -2.37. The third-order valence-corrected chi connectivity index (χ3v) is 2.27. The maximum Gasteiger partial charge on any atom is 0.314 e. The summed E-state index contributed by atoms with van der Waals surface area (Å²) in [7, 11) is -0.832. The van der Waals surface area contributed by atoms with Gasteiger partial charge in [-0.05, 0) is 6.42 Å². The summed E-state index contributed by atoms with van der Waals surface area (Å²) in [6.45, 7) is 3.25. The summed E-state index contributed by atoms with van der Waals surface area (Å²) < 4.78 is 10.6. The van der Waals surface area contributed by atoms with E-state index in [1.165, 1.54) is 0 Å². The van der Waals surface area contributed by atoms with Crippen LogP contribution in [0.3, 0.4) is 0 Å². The van der Waals surface area contributed by atoms with Gasteiger partial charge in [-0.15, -0.1) is 0 Å². The van der Waals surface area contributed by atoms with Gasteiger partial charge in [-0.25, -0.2) is 4.79 Å². The zero-order valence-corrected chi connectivity index (χ0v) is 9.08. The van der Waals surface area contributed by atoms with Crippen molar-refractivity contribution in [2.45, 2.75) is 19.8 Å². The molecule has 2 amide bonds. The van der Waals surface area contributed by atoms with E-state index in [1.807, 2.05) is 0 Å². The van der Waals surface area contributed by atoms with Crippen molar-refractivity contribution >= 4 is 16.8 Å². The van der Waals surface area contributed by atoms with Crippen LogP contribution in [0.1, 0.15) is 19.8 Å². The fourth-order valence-electron chi connectivity index (χ4n) is 0.749. The van der Waals surface area contributed by atoms with Gasteiger partial charge in [-0.1, -0.05) is 13.3 Å². The molecule has 2 N–H and O–H groups in total. The van der Waals surface area contributed by atoms with Crippen molar-refractivity contribution in [1.82, 2.24) is 10.6 Å². The Labute approximate surface area is 81.9 Å². The Balaban J connectivity index is 3.25. The minimum atomic E-state index is -0.832. The summed E-state index contributed by atoms with van der Waals surface area (Å²) in [6, 6.07) is -0.168. The lowest BCUT2D eigenvalue weighted by molar-refractivity contribution is 0.241. The van der Waals surface area contributed by atoms with E-state index in [4.69, 9.17) is 0 Å². The molecule has 0 aliphatic carbocycles. The molecule has 4 nitrogen and oxygen atoms in total. The monoisotopic (exact) mass is 206 g/mol. The quantitative estimate of drug-likeness (QED) is 0.620. The molecule has 0 aliphatic rings. The third kappa shape index (κ3) is 9.33. The maximum atomic E-state index is 11.0. The minimum Gasteiger partial charge on any atom is -0.338 e. The Morgan fingerprint density at radius 2 is 1.92 bits per heavy atom. The molecule has 0 rings (SSSR count). The highest BCUT2D eigenvalue weighted by atomic mass is 32.2. The van der Waals surface area contributed by atoms with Crippen LogP contribution in [0.15, 0.2) is 0 Å². The van der Waals surface area contributed by atoms with Crippen LogP contribution < -0.4 is 10.6 Å². The molecule has 0 aromatic heterocycles. The predicted molar refractivity (Wildman–Crippen MR) is 55.2 cm³/mol. The van der Waals surface area contributed by atoms with Crippen molar-refractivity contribution in [3.05, 3.63) is 0 Å². The van der Waals surface area contributed by atoms with E-state index in [0.29, 0.717) is 18.8 Å². The molecule has 0 spiro atoms. The van der Waals surface area contributed by atoms with Gasteiger partial charge in [0.15, 0.2) is 0 Å². The SMILES string of the molecule is CCCCNC(=O)NCCS(C)=O. The van der Waals surface area contributed by atoms with Crippen LogP contribution in [0, 0.1) is 0 Å². The number of amides is 2. The molecule has 0 saturated heterocycles. The Morgan fingerprint density at radius 1 is 1.31 bits per heavy atom. The fraction of sp³-hybridized carbons (Fsp3) is 0.875. The first-order chi connectivity index (χ1) is 6.16. The molecule has 0 aliphatic heterocycles. The number of hydrogen-bond acceptors (Lipinski definition) is 2. The highest BCUT2D eigenvalue weighted by Crippen LogP contribution is 1.81. The smallest absolute Gasteiger partial charge is 0.314 e. The van der Waals surface area contributed by atoms with Crippen LogP contribution in [0.25, 0.3) is 0 Å². The molecule has 5 heteroatoms. The van der Waals surface area contributed by atoms with Crippen molar-refractivity contribution in [1.29, 1.82) is 0 Å². The molecule has 13 heavy (non-hydrogen) atoms. The molecule has 0 aromatic rings. The Morgan fingerprint density at radius 3 is 2.46 bits per heavy atom. The lowest BCUT2D eigenvalue weighted by atomic mass is 10.3. The van der Waals surface area contributed by atoms with Crippen LogP contribution >= 0.6 is 0 Å².